The molecule has 8 heteroatoms. The molecule has 0 saturated carbocycles. The fourth-order valence-corrected chi connectivity index (χ4v) is 4.85. The first-order chi connectivity index (χ1) is 13.9. The van der Waals surface area contributed by atoms with Gasteiger partial charge in [-0.1, -0.05) is 24.3 Å². The van der Waals surface area contributed by atoms with Crippen molar-refractivity contribution in [1.29, 1.82) is 0 Å². The molecule has 3 rings (SSSR count). The summed E-state index contributed by atoms with van der Waals surface area (Å²) in [5.41, 5.74) is 2.64. The zero-order valence-electron chi connectivity index (χ0n) is 16.7. The van der Waals surface area contributed by atoms with E-state index < -0.39 is 10.0 Å². The highest BCUT2D eigenvalue weighted by Crippen LogP contribution is 2.24. The van der Waals surface area contributed by atoms with E-state index in [1.807, 2.05) is 24.3 Å². The molecule has 2 aromatic carbocycles. The van der Waals surface area contributed by atoms with E-state index in [4.69, 9.17) is 9.47 Å². The van der Waals surface area contributed by atoms with Crippen LogP contribution in [0.5, 0.6) is 11.5 Å². The van der Waals surface area contributed by atoms with Gasteiger partial charge in [-0.15, -0.1) is 0 Å². The van der Waals surface area contributed by atoms with E-state index in [9.17, 15) is 13.2 Å². The molecule has 156 valence electrons. The fourth-order valence-electron chi connectivity index (χ4n) is 3.37. The lowest BCUT2D eigenvalue weighted by Gasteiger charge is -2.28. The summed E-state index contributed by atoms with van der Waals surface area (Å²) in [6.07, 6.45) is 1.06. The average molecular weight is 419 g/mol. The number of rotatable bonds is 8. The average Bonchev–Trinajstić information content (AvgIpc) is 2.75. The van der Waals surface area contributed by atoms with Crippen LogP contribution >= 0.6 is 0 Å². The minimum Gasteiger partial charge on any atom is -0.497 e. The van der Waals surface area contributed by atoms with Crippen LogP contribution in [0.4, 0.5) is 0 Å². The molecule has 2 aromatic rings. The maximum Gasteiger partial charge on any atom is 0.255 e. The van der Waals surface area contributed by atoms with E-state index in [2.05, 4.69) is 5.32 Å². The molecule has 0 aromatic heterocycles. The number of hydrogen-bond acceptors (Lipinski definition) is 5. The predicted molar refractivity (Wildman–Crippen MR) is 111 cm³/mol. The van der Waals surface area contributed by atoms with Crippen LogP contribution in [0.3, 0.4) is 0 Å². The molecule has 1 aliphatic rings. The molecule has 0 unspecified atom stereocenters. The number of amides is 1. The van der Waals surface area contributed by atoms with Gasteiger partial charge in [-0.2, -0.15) is 4.31 Å². The highest BCUT2D eigenvalue weighted by Gasteiger charge is 2.26. The second-order valence-electron chi connectivity index (χ2n) is 6.84. The molecule has 7 nitrogen and oxygen atoms in total. The standard InChI is InChI=1S/C21H26N2O5S/c1-27-18-8-9-19(20(14-18)28-2)21(24)22-11-5-13-29(25,26)23-12-10-16-6-3-4-7-17(16)15-23/h3-4,6-9,14H,5,10-13,15H2,1-2H3,(H,22,24). The van der Waals surface area contributed by atoms with E-state index in [1.165, 1.54) is 24.1 Å². The summed E-state index contributed by atoms with van der Waals surface area (Å²) < 4.78 is 37.2. The second-order valence-corrected chi connectivity index (χ2v) is 8.93. The van der Waals surface area contributed by atoms with Crippen LogP contribution in [0.2, 0.25) is 0 Å². The third kappa shape index (κ3) is 5.07. The number of methoxy groups -OCH3 is 2. The van der Waals surface area contributed by atoms with Gasteiger partial charge in [-0.3, -0.25) is 4.79 Å². The van der Waals surface area contributed by atoms with Crippen LogP contribution in [0.15, 0.2) is 42.5 Å². The Bertz CT molecular complexity index is 975. The number of nitrogens with zero attached hydrogens (tertiary/aromatic N) is 1. The molecule has 1 amide bonds. The summed E-state index contributed by atoms with van der Waals surface area (Å²) in [5, 5.41) is 2.76. The number of carbonyl (C=O) groups is 1. The molecule has 0 saturated heterocycles. The van der Waals surface area contributed by atoms with E-state index in [-0.39, 0.29) is 18.2 Å². The van der Waals surface area contributed by atoms with Crippen LogP contribution < -0.4 is 14.8 Å². The number of carbonyl (C=O) groups excluding carboxylic acids is 1. The van der Waals surface area contributed by atoms with Crippen molar-refractivity contribution in [1.82, 2.24) is 9.62 Å². The summed E-state index contributed by atoms with van der Waals surface area (Å²) >= 11 is 0. The van der Waals surface area contributed by atoms with Crippen molar-refractivity contribution in [3.63, 3.8) is 0 Å². The number of fused-ring (bicyclic) bond motifs is 1. The molecule has 1 aliphatic heterocycles. The quantitative estimate of drug-likeness (QED) is 0.665. The lowest BCUT2D eigenvalue weighted by molar-refractivity contribution is 0.0950. The van der Waals surface area contributed by atoms with Gasteiger partial charge in [0.25, 0.3) is 5.91 Å². The highest BCUT2D eigenvalue weighted by atomic mass is 32.2. The first-order valence-electron chi connectivity index (χ1n) is 9.49. The van der Waals surface area contributed by atoms with Crippen molar-refractivity contribution in [2.45, 2.75) is 19.4 Å². The Morgan fingerprint density at radius 1 is 1.10 bits per heavy atom. The van der Waals surface area contributed by atoms with Gasteiger partial charge in [-0.05, 0) is 36.1 Å². The van der Waals surface area contributed by atoms with Gasteiger partial charge in [0, 0.05) is 25.7 Å². The van der Waals surface area contributed by atoms with Crippen LogP contribution in [-0.2, 0) is 23.0 Å². The molecule has 0 aliphatic carbocycles. The van der Waals surface area contributed by atoms with Crippen LogP contribution in [-0.4, -0.2) is 51.7 Å². The van der Waals surface area contributed by atoms with Crippen LogP contribution in [0, 0.1) is 0 Å². The van der Waals surface area contributed by atoms with Gasteiger partial charge in [0.1, 0.15) is 11.5 Å². The van der Waals surface area contributed by atoms with Crippen molar-refractivity contribution in [2.75, 3.05) is 33.1 Å². The topological polar surface area (TPSA) is 84.9 Å². The fraction of sp³-hybridized carbons (Fsp3) is 0.381. The summed E-state index contributed by atoms with van der Waals surface area (Å²) in [7, 11) is -0.351. The van der Waals surface area contributed by atoms with Crippen molar-refractivity contribution in [3.8, 4) is 11.5 Å². The van der Waals surface area contributed by atoms with Crippen molar-refractivity contribution >= 4 is 15.9 Å². The first kappa shape index (κ1) is 21.1. The lowest BCUT2D eigenvalue weighted by atomic mass is 10.0. The summed E-state index contributed by atoms with van der Waals surface area (Å²) in [6.45, 7) is 1.17. The largest absolute Gasteiger partial charge is 0.497 e. The minimum absolute atomic E-state index is 0.00477. The number of nitrogens with one attached hydrogen (secondary N) is 1. The zero-order valence-corrected chi connectivity index (χ0v) is 17.5. The highest BCUT2D eigenvalue weighted by molar-refractivity contribution is 7.89. The molecule has 0 spiro atoms. The lowest BCUT2D eigenvalue weighted by Crippen LogP contribution is -2.38. The summed E-state index contributed by atoms with van der Waals surface area (Å²) in [4.78, 5) is 12.4. The van der Waals surface area contributed by atoms with Crippen molar-refractivity contribution in [2.24, 2.45) is 0 Å². The van der Waals surface area contributed by atoms with Crippen molar-refractivity contribution < 1.29 is 22.7 Å². The first-order valence-corrected chi connectivity index (χ1v) is 11.1. The van der Waals surface area contributed by atoms with Gasteiger partial charge in [0.05, 0.1) is 25.5 Å². The van der Waals surface area contributed by atoms with Gasteiger partial charge < -0.3 is 14.8 Å². The SMILES string of the molecule is COc1ccc(C(=O)NCCCS(=O)(=O)N2CCc3ccccc3C2)c(OC)c1. The third-order valence-corrected chi connectivity index (χ3v) is 6.91. The summed E-state index contributed by atoms with van der Waals surface area (Å²) in [5.74, 6) is 0.678. The smallest absolute Gasteiger partial charge is 0.255 e. The molecular formula is C21H26N2O5S. The minimum atomic E-state index is -3.37. The van der Waals surface area contributed by atoms with Gasteiger partial charge in [0.15, 0.2) is 0 Å². The molecule has 0 atom stereocenters. The molecular weight excluding hydrogens is 392 g/mol. The Kier molecular flexibility index (Phi) is 6.76. The predicted octanol–water partition coefficient (Wildman–Crippen LogP) is 2.21. The van der Waals surface area contributed by atoms with E-state index in [0.717, 1.165) is 12.0 Å². The van der Waals surface area contributed by atoms with Crippen LogP contribution in [0.1, 0.15) is 27.9 Å². The van der Waals surface area contributed by atoms with Crippen LogP contribution in [0.25, 0.3) is 0 Å². The maximum atomic E-state index is 12.7. The van der Waals surface area contributed by atoms with E-state index in [1.54, 1.807) is 18.2 Å². The molecule has 0 bridgehead atoms. The number of sulfonamides is 1. The van der Waals surface area contributed by atoms with Gasteiger partial charge in [0.2, 0.25) is 10.0 Å². The maximum absolute atomic E-state index is 12.7. The Labute approximate surface area is 171 Å². The van der Waals surface area contributed by atoms with E-state index in [0.29, 0.717) is 36.6 Å². The van der Waals surface area contributed by atoms with E-state index >= 15 is 0 Å². The molecule has 29 heavy (non-hydrogen) atoms. The van der Waals surface area contributed by atoms with Gasteiger partial charge in [-0.25, -0.2) is 8.42 Å². The van der Waals surface area contributed by atoms with Crippen molar-refractivity contribution in [3.05, 3.63) is 59.2 Å². The Hall–Kier alpha value is -2.58. The molecule has 1 N–H and O–H groups in total. The molecule has 0 radical (unpaired) electrons. The summed E-state index contributed by atoms with van der Waals surface area (Å²) in [6, 6.07) is 12.8. The number of hydrogen-bond donors (Lipinski definition) is 1. The number of ether oxygens (including phenoxy) is 2. The zero-order chi connectivity index (χ0) is 20.9. The Morgan fingerprint density at radius 2 is 1.86 bits per heavy atom. The third-order valence-electron chi connectivity index (χ3n) is 5.01. The Morgan fingerprint density at radius 3 is 2.59 bits per heavy atom. The monoisotopic (exact) mass is 418 g/mol. The molecule has 0 fully saturated rings. The Balaban J connectivity index is 1.52. The number of benzene rings is 2. The molecule has 1 heterocycles. The van der Waals surface area contributed by atoms with Gasteiger partial charge >= 0.3 is 0 Å². The second kappa shape index (κ2) is 9.28. The normalized spacial score (nSPS) is 14.1.